The molecule has 1 aromatic carbocycles. The summed E-state index contributed by atoms with van der Waals surface area (Å²) in [5, 5.41) is 13.7. The van der Waals surface area contributed by atoms with Gasteiger partial charge in [0.15, 0.2) is 0 Å². The van der Waals surface area contributed by atoms with E-state index in [2.05, 4.69) is 0 Å². The molecule has 5 nitrogen and oxygen atoms in total. The van der Waals surface area contributed by atoms with Crippen LogP contribution in [-0.4, -0.2) is 19.5 Å². The zero-order valence-electron chi connectivity index (χ0n) is 9.10. The minimum Gasteiger partial charge on any atom is -0.478 e. The SMILES string of the molecule is CCCc1cc(F)c(S(N)(=O)=O)cc1C(=O)O. The van der Waals surface area contributed by atoms with Crippen LogP contribution in [0.3, 0.4) is 0 Å². The van der Waals surface area contributed by atoms with E-state index in [0.717, 1.165) is 12.1 Å². The Morgan fingerprint density at radius 1 is 1.47 bits per heavy atom. The molecule has 0 radical (unpaired) electrons. The predicted octanol–water partition coefficient (Wildman–Crippen LogP) is 1.12. The van der Waals surface area contributed by atoms with Gasteiger partial charge in [-0.05, 0) is 24.1 Å². The highest BCUT2D eigenvalue weighted by Crippen LogP contribution is 2.20. The van der Waals surface area contributed by atoms with Gasteiger partial charge in [0.25, 0.3) is 0 Å². The van der Waals surface area contributed by atoms with E-state index < -0.39 is 26.7 Å². The number of aryl methyl sites for hydroxylation is 1. The van der Waals surface area contributed by atoms with Gasteiger partial charge in [-0.3, -0.25) is 0 Å². The van der Waals surface area contributed by atoms with Gasteiger partial charge >= 0.3 is 5.97 Å². The van der Waals surface area contributed by atoms with Gasteiger partial charge in [0.1, 0.15) is 10.7 Å². The Morgan fingerprint density at radius 3 is 2.47 bits per heavy atom. The minimum atomic E-state index is -4.26. The van der Waals surface area contributed by atoms with E-state index in [1.54, 1.807) is 6.92 Å². The highest BCUT2D eigenvalue weighted by Gasteiger charge is 2.20. The monoisotopic (exact) mass is 261 g/mol. The lowest BCUT2D eigenvalue weighted by molar-refractivity contribution is 0.0695. The van der Waals surface area contributed by atoms with E-state index in [1.807, 2.05) is 0 Å². The first kappa shape index (κ1) is 13.6. The molecule has 0 aliphatic rings. The summed E-state index contributed by atoms with van der Waals surface area (Å²) in [4.78, 5) is 10.1. The Balaban J connectivity index is 3.51. The van der Waals surface area contributed by atoms with Crippen LogP contribution in [0.15, 0.2) is 17.0 Å². The molecule has 94 valence electrons. The zero-order valence-corrected chi connectivity index (χ0v) is 9.92. The third-order valence-electron chi connectivity index (χ3n) is 2.21. The van der Waals surface area contributed by atoms with Crippen molar-refractivity contribution in [2.75, 3.05) is 0 Å². The van der Waals surface area contributed by atoms with E-state index in [1.165, 1.54) is 0 Å². The summed E-state index contributed by atoms with van der Waals surface area (Å²) in [6.45, 7) is 1.80. The van der Waals surface area contributed by atoms with E-state index in [9.17, 15) is 17.6 Å². The second-order valence-electron chi connectivity index (χ2n) is 3.54. The van der Waals surface area contributed by atoms with Gasteiger partial charge in [-0.2, -0.15) is 0 Å². The number of benzene rings is 1. The van der Waals surface area contributed by atoms with Crippen molar-refractivity contribution in [3.05, 3.63) is 29.1 Å². The van der Waals surface area contributed by atoms with E-state index in [-0.39, 0.29) is 11.1 Å². The second kappa shape index (κ2) is 4.80. The fourth-order valence-corrected chi connectivity index (χ4v) is 2.10. The molecule has 1 rings (SSSR count). The van der Waals surface area contributed by atoms with Crippen molar-refractivity contribution in [3.63, 3.8) is 0 Å². The molecule has 0 saturated heterocycles. The number of halogens is 1. The first-order chi connectivity index (χ1) is 7.77. The van der Waals surface area contributed by atoms with Gasteiger partial charge in [-0.15, -0.1) is 0 Å². The maximum Gasteiger partial charge on any atom is 0.336 e. The van der Waals surface area contributed by atoms with Crippen molar-refractivity contribution in [3.8, 4) is 0 Å². The standard InChI is InChI=1S/C10H12FNO4S/c1-2-3-6-4-8(11)9(17(12,15)16)5-7(6)10(13)14/h4-5H,2-3H2,1H3,(H,13,14)(H2,12,15,16). The molecule has 1 aromatic rings. The highest BCUT2D eigenvalue weighted by atomic mass is 32.2. The number of rotatable bonds is 4. The van der Waals surface area contributed by atoms with Crippen molar-refractivity contribution < 1.29 is 22.7 Å². The number of sulfonamides is 1. The molecule has 0 amide bonds. The number of carboxylic acids is 1. The van der Waals surface area contributed by atoms with Gasteiger partial charge in [0, 0.05) is 0 Å². The fourth-order valence-electron chi connectivity index (χ4n) is 1.49. The lowest BCUT2D eigenvalue weighted by Gasteiger charge is -2.08. The Kier molecular flexibility index (Phi) is 3.84. The number of hydrogen-bond acceptors (Lipinski definition) is 3. The molecule has 0 bridgehead atoms. The minimum absolute atomic E-state index is 0.239. The Hall–Kier alpha value is -1.47. The van der Waals surface area contributed by atoms with Gasteiger partial charge in [-0.25, -0.2) is 22.7 Å². The third kappa shape index (κ3) is 3.01. The molecule has 0 fully saturated rings. The molecule has 0 aliphatic carbocycles. The highest BCUT2D eigenvalue weighted by molar-refractivity contribution is 7.89. The number of primary sulfonamides is 1. The number of carboxylic acid groups (broad SMARTS) is 1. The molecule has 0 atom stereocenters. The van der Waals surface area contributed by atoms with Crippen LogP contribution in [0.25, 0.3) is 0 Å². The Bertz CT molecular complexity index is 554. The summed E-state index contributed by atoms with van der Waals surface area (Å²) in [5.74, 6) is -2.33. The van der Waals surface area contributed by atoms with Crippen LogP contribution in [0, 0.1) is 5.82 Å². The summed E-state index contributed by atoms with van der Waals surface area (Å²) in [6.07, 6.45) is 0.970. The van der Waals surface area contributed by atoms with Crippen molar-refractivity contribution in [2.45, 2.75) is 24.7 Å². The maximum absolute atomic E-state index is 13.5. The number of nitrogens with two attached hydrogens (primary N) is 1. The Labute approximate surface area is 98.1 Å². The van der Waals surface area contributed by atoms with Crippen LogP contribution in [0.1, 0.15) is 29.3 Å². The van der Waals surface area contributed by atoms with E-state index in [4.69, 9.17) is 10.2 Å². The third-order valence-corrected chi connectivity index (χ3v) is 3.14. The van der Waals surface area contributed by atoms with Crippen LogP contribution in [0.4, 0.5) is 4.39 Å². The van der Waals surface area contributed by atoms with E-state index in [0.29, 0.717) is 12.8 Å². The van der Waals surface area contributed by atoms with Crippen LogP contribution in [0.5, 0.6) is 0 Å². The van der Waals surface area contributed by atoms with Gasteiger partial charge in [-0.1, -0.05) is 13.3 Å². The predicted molar refractivity (Wildman–Crippen MR) is 58.7 cm³/mol. The van der Waals surface area contributed by atoms with Crippen molar-refractivity contribution in [1.82, 2.24) is 0 Å². The molecule has 0 heterocycles. The molecule has 7 heteroatoms. The largest absolute Gasteiger partial charge is 0.478 e. The maximum atomic E-state index is 13.5. The molecular weight excluding hydrogens is 249 g/mol. The van der Waals surface area contributed by atoms with E-state index >= 15 is 0 Å². The lowest BCUT2D eigenvalue weighted by Crippen LogP contribution is -2.16. The summed E-state index contributed by atoms with van der Waals surface area (Å²) < 4.78 is 35.5. The summed E-state index contributed by atoms with van der Waals surface area (Å²) in [7, 11) is -4.26. The summed E-state index contributed by atoms with van der Waals surface area (Å²) in [6, 6.07) is 1.67. The van der Waals surface area contributed by atoms with Crippen molar-refractivity contribution >= 4 is 16.0 Å². The zero-order chi connectivity index (χ0) is 13.2. The first-order valence-electron chi connectivity index (χ1n) is 4.86. The Morgan fingerprint density at radius 2 is 2.06 bits per heavy atom. The lowest BCUT2D eigenvalue weighted by atomic mass is 10.0. The van der Waals surface area contributed by atoms with Crippen LogP contribution >= 0.6 is 0 Å². The van der Waals surface area contributed by atoms with Crippen molar-refractivity contribution in [2.24, 2.45) is 5.14 Å². The molecule has 0 saturated carbocycles. The molecule has 3 N–H and O–H groups in total. The average Bonchev–Trinajstić information content (AvgIpc) is 2.15. The molecular formula is C10H12FNO4S. The fraction of sp³-hybridized carbons (Fsp3) is 0.300. The number of carbonyl (C=O) groups is 1. The first-order valence-corrected chi connectivity index (χ1v) is 6.40. The normalized spacial score (nSPS) is 11.5. The molecule has 0 aromatic heterocycles. The molecule has 0 aliphatic heterocycles. The number of hydrogen-bond donors (Lipinski definition) is 2. The molecule has 0 unspecified atom stereocenters. The quantitative estimate of drug-likeness (QED) is 0.848. The van der Waals surface area contributed by atoms with Crippen molar-refractivity contribution in [1.29, 1.82) is 0 Å². The van der Waals surface area contributed by atoms with Crippen LogP contribution in [0.2, 0.25) is 0 Å². The topological polar surface area (TPSA) is 97.5 Å². The second-order valence-corrected chi connectivity index (χ2v) is 5.07. The van der Waals surface area contributed by atoms with Gasteiger partial charge in [0.05, 0.1) is 5.56 Å². The molecule has 0 spiro atoms. The summed E-state index contributed by atoms with van der Waals surface area (Å²) >= 11 is 0. The summed E-state index contributed by atoms with van der Waals surface area (Å²) in [5.41, 5.74) is 0.0159. The van der Waals surface area contributed by atoms with Crippen LogP contribution < -0.4 is 5.14 Å². The average molecular weight is 261 g/mol. The van der Waals surface area contributed by atoms with Crippen LogP contribution in [-0.2, 0) is 16.4 Å². The van der Waals surface area contributed by atoms with Gasteiger partial charge in [0.2, 0.25) is 10.0 Å². The smallest absolute Gasteiger partial charge is 0.336 e. The molecule has 17 heavy (non-hydrogen) atoms. The van der Waals surface area contributed by atoms with Gasteiger partial charge < -0.3 is 5.11 Å². The number of aromatic carboxylic acids is 1.